The summed E-state index contributed by atoms with van der Waals surface area (Å²) >= 11 is 0. The Labute approximate surface area is 115 Å². The molecule has 1 aliphatic rings. The third-order valence-corrected chi connectivity index (χ3v) is 3.78. The zero-order chi connectivity index (χ0) is 13.7. The van der Waals surface area contributed by atoms with Gasteiger partial charge in [0.15, 0.2) is 5.82 Å². The summed E-state index contributed by atoms with van der Waals surface area (Å²) in [5.74, 6) is 2.31. The topological polar surface area (TPSA) is 73.9 Å². The van der Waals surface area contributed by atoms with Crippen LogP contribution >= 0.6 is 0 Å². The Morgan fingerprint density at radius 3 is 2.58 bits per heavy atom. The number of hydrogen-bond donors (Lipinski definition) is 1. The highest BCUT2D eigenvalue weighted by molar-refractivity contribution is 5.17. The van der Waals surface area contributed by atoms with Gasteiger partial charge in [-0.15, -0.1) is 0 Å². The number of rotatable bonds is 5. The van der Waals surface area contributed by atoms with Gasteiger partial charge in [-0.05, 0) is 25.2 Å². The molecule has 0 spiro atoms. The first-order valence-electron chi connectivity index (χ1n) is 7.27. The predicted molar refractivity (Wildman–Crippen MR) is 74.6 cm³/mol. The highest BCUT2D eigenvalue weighted by Crippen LogP contribution is 2.35. The van der Waals surface area contributed by atoms with Crippen molar-refractivity contribution in [1.82, 2.24) is 15.0 Å². The van der Waals surface area contributed by atoms with E-state index in [1.54, 1.807) is 7.11 Å². The van der Waals surface area contributed by atoms with E-state index in [0.29, 0.717) is 17.7 Å². The summed E-state index contributed by atoms with van der Waals surface area (Å²) in [6.45, 7) is 2.11. The summed E-state index contributed by atoms with van der Waals surface area (Å²) in [7, 11) is 1.73. The molecule has 1 saturated carbocycles. The molecule has 0 amide bonds. The molecule has 0 aromatic carbocycles. The molecule has 2 rings (SSSR count). The minimum absolute atomic E-state index is 0.0405. The van der Waals surface area contributed by atoms with Gasteiger partial charge >= 0.3 is 0 Å². The van der Waals surface area contributed by atoms with Crippen molar-refractivity contribution in [2.45, 2.75) is 58.0 Å². The number of methoxy groups -OCH3 is 1. The van der Waals surface area contributed by atoms with Crippen LogP contribution in [-0.4, -0.2) is 22.1 Å². The molecule has 1 unspecified atom stereocenters. The van der Waals surface area contributed by atoms with Gasteiger partial charge in [0.1, 0.15) is 11.9 Å². The van der Waals surface area contributed by atoms with Crippen LogP contribution in [0.25, 0.3) is 0 Å². The maximum Gasteiger partial charge on any atom is 0.223 e. The highest BCUT2D eigenvalue weighted by Gasteiger charge is 2.27. The first-order valence-corrected chi connectivity index (χ1v) is 7.27. The fourth-order valence-electron chi connectivity index (χ4n) is 2.87. The van der Waals surface area contributed by atoms with Gasteiger partial charge in [-0.25, -0.2) is 4.98 Å². The number of aryl methyl sites for hydroxylation is 1. The van der Waals surface area contributed by atoms with Crippen molar-refractivity contribution in [2.24, 2.45) is 5.92 Å². The molecule has 1 aromatic heterocycles. The van der Waals surface area contributed by atoms with Crippen LogP contribution in [0.4, 0.5) is 5.95 Å². The Bertz CT molecular complexity index is 404. The summed E-state index contributed by atoms with van der Waals surface area (Å²) in [5.41, 5.74) is 5.79. The van der Waals surface area contributed by atoms with Crippen LogP contribution in [0.15, 0.2) is 0 Å². The first-order chi connectivity index (χ1) is 9.24. The summed E-state index contributed by atoms with van der Waals surface area (Å²) in [6.07, 6.45) is 8.04. The zero-order valence-electron chi connectivity index (χ0n) is 11.9. The van der Waals surface area contributed by atoms with Crippen molar-refractivity contribution < 1.29 is 4.74 Å². The van der Waals surface area contributed by atoms with Gasteiger partial charge in [0.2, 0.25) is 5.95 Å². The lowest BCUT2D eigenvalue weighted by Crippen LogP contribution is -2.21. The highest BCUT2D eigenvalue weighted by atomic mass is 16.5. The maximum absolute atomic E-state index is 5.79. The molecule has 5 heteroatoms. The average Bonchev–Trinajstić information content (AvgIpc) is 2.40. The standard InChI is InChI=1S/C14H24N4O/c1-3-7-11-16-13(18-14(15)17-11)12(19-2)10-8-5-4-6-9-10/h10,12H,3-9H2,1-2H3,(H2,15,16,17,18). The van der Waals surface area contributed by atoms with Gasteiger partial charge < -0.3 is 10.5 Å². The molecule has 1 fully saturated rings. The van der Waals surface area contributed by atoms with Gasteiger partial charge in [-0.1, -0.05) is 26.2 Å². The van der Waals surface area contributed by atoms with Crippen molar-refractivity contribution in [1.29, 1.82) is 0 Å². The van der Waals surface area contributed by atoms with Crippen LogP contribution in [0.5, 0.6) is 0 Å². The molecule has 2 N–H and O–H groups in total. The number of anilines is 1. The molecular weight excluding hydrogens is 240 g/mol. The molecule has 0 radical (unpaired) electrons. The van der Waals surface area contributed by atoms with Crippen molar-refractivity contribution in [3.05, 3.63) is 11.6 Å². The van der Waals surface area contributed by atoms with Crippen molar-refractivity contribution in [3.8, 4) is 0 Å². The van der Waals surface area contributed by atoms with Gasteiger partial charge in [0.25, 0.3) is 0 Å². The molecule has 1 heterocycles. The molecule has 0 bridgehead atoms. The quantitative estimate of drug-likeness (QED) is 0.885. The first kappa shape index (κ1) is 14.2. The van der Waals surface area contributed by atoms with Gasteiger partial charge in [0, 0.05) is 13.5 Å². The van der Waals surface area contributed by atoms with Crippen LogP contribution < -0.4 is 5.73 Å². The summed E-state index contributed by atoms with van der Waals surface area (Å²) in [5, 5.41) is 0. The maximum atomic E-state index is 5.79. The molecule has 19 heavy (non-hydrogen) atoms. The fourth-order valence-corrected chi connectivity index (χ4v) is 2.87. The SMILES string of the molecule is CCCc1nc(N)nc(C(OC)C2CCCCC2)n1. The van der Waals surface area contributed by atoms with Crippen LogP contribution in [0, 0.1) is 5.92 Å². The van der Waals surface area contributed by atoms with E-state index in [4.69, 9.17) is 10.5 Å². The minimum atomic E-state index is -0.0405. The Morgan fingerprint density at radius 1 is 1.21 bits per heavy atom. The average molecular weight is 264 g/mol. The van der Waals surface area contributed by atoms with Crippen LogP contribution in [0.3, 0.4) is 0 Å². The van der Waals surface area contributed by atoms with E-state index in [1.807, 2.05) is 0 Å². The number of nitrogens with two attached hydrogens (primary N) is 1. The monoisotopic (exact) mass is 264 g/mol. The van der Waals surface area contributed by atoms with Gasteiger partial charge in [0.05, 0.1) is 0 Å². The second-order valence-corrected chi connectivity index (χ2v) is 5.27. The van der Waals surface area contributed by atoms with Gasteiger partial charge in [-0.3, -0.25) is 0 Å². The largest absolute Gasteiger partial charge is 0.373 e. The number of nitrogen functional groups attached to an aromatic ring is 1. The van der Waals surface area contributed by atoms with E-state index < -0.39 is 0 Å². The van der Waals surface area contributed by atoms with E-state index >= 15 is 0 Å². The summed E-state index contributed by atoms with van der Waals surface area (Å²) in [6, 6.07) is 0. The number of hydrogen-bond acceptors (Lipinski definition) is 5. The van der Waals surface area contributed by atoms with Crippen molar-refractivity contribution in [2.75, 3.05) is 12.8 Å². The minimum Gasteiger partial charge on any atom is -0.373 e. The smallest absolute Gasteiger partial charge is 0.223 e. The molecule has 1 aromatic rings. The van der Waals surface area contributed by atoms with Crippen LogP contribution in [0.1, 0.15) is 63.2 Å². The molecule has 5 nitrogen and oxygen atoms in total. The van der Waals surface area contributed by atoms with Crippen molar-refractivity contribution >= 4 is 5.95 Å². The Kier molecular flexibility index (Phi) is 5.07. The number of ether oxygens (including phenoxy) is 1. The Morgan fingerprint density at radius 2 is 1.95 bits per heavy atom. The lowest BCUT2D eigenvalue weighted by molar-refractivity contribution is 0.0287. The fraction of sp³-hybridized carbons (Fsp3) is 0.786. The van der Waals surface area contributed by atoms with Crippen molar-refractivity contribution in [3.63, 3.8) is 0 Å². The van der Waals surface area contributed by atoms with Gasteiger partial charge in [-0.2, -0.15) is 9.97 Å². The van der Waals surface area contributed by atoms with E-state index in [1.165, 1.54) is 32.1 Å². The predicted octanol–water partition coefficient (Wildman–Crippen LogP) is 2.67. The lowest BCUT2D eigenvalue weighted by Gasteiger charge is -2.28. The molecule has 0 saturated heterocycles. The zero-order valence-corrected chi connectivity index (χ0v) is 11.9. The lowest BCUT2D eigenvalue weighted by atomic mass is 9.85. The van der Waals surface area contributed by atoms with E-state index in [-0.39, 0.29) is 6.10 Å². The molecule has 0 aliphatic heterocycles. The van der Waals surface area contributed by atoms with E-state index in [9.17, 15) is 0 Å². The normalized spacial score (nSPS) is 18.4. The van der Waals surface area contributed by atoms with Crippen LogP contribution in [0.2, 0.25) is 0 Å². The Hall–Kier alpha value is -1.23. The molecule has 106 valence electrons. The Balaban J connectivity index is 2.21. The molecular formula is C14H24N4O. The van der Waals surface area contributed by atoms with E-state index in [0.717, 1.165) is 18.7 Å². The number of aromatic nitrogens is 3. The third kappa shape index (κ3) is 3.62. The third-order valence-electron chi connectivity index (χ3n) is 3.78. The molecule has 1 aliphatic carbocycles. The van der Waals surface area contributed by atoms with E-state index in [2.05, 4.69) is 21.9 Å². The molecule has 1 atom stereocenters. The summed E-state index contributed by atoms with van der Waals surface area (Å²) in [4.78, 5) is 13.0. The second kappa shape index (κ2) is 6.80. The second-order valence-electron chi connectivity index (χ2n) is 5.27. The number of nitrogens with zero attached hydrogens (tertiary/aromatic N) is 3. The summed E-state index contributed by atoms with van der Waals surface area (Å²) < 4.78 is 5.66. The van der Waals surface area contributed by atoms with Crippen LogP contribution in [-0.2, 0) is 11.2 Å².